The molecular formula is C24H21F2N7O. The van der Waals surface area contributed by atoms with Gasteiger partial charge >= 0.3 is 0 Å². The first kappa shape index (κ1) is 20.6. The number of fused-ring (bicyclic) bond motifs is 2. The first-order valence-electron chi connectivity index (χ1n) is 11.1. The van der Waals surface area contributed by atoms with Crippen LogP contribution in [0.15, 0.2) is 48.8 Å². The van der Waals surface area contributed by atoms with Crippen molar-refractivity contribution in [3.05, 3.63) is 65.7 Å². The summed E-state index contributed by atoms with van der Waals surface area (Å²) >= 11 is 0. The lowest BCUT2D eigenvalue weighted by Gasteiger charge is -2.55. The number of rotatable bonds is 5. The van der Waals surface area contributed by atoms with Crippen molar-refractivity contribution in [1.82, 2.24) is 29.6 Å². The van der Waals surface area contributed by atoms with Gasteiger partial charge in [-0.25, -0.2) is 18.7 Å². The number of carbonyl (C=O) groups is 1. The van der Waals surface area contributed by atoms with Gasteiger partial charge in [0, 0.05) is 23.8 Å². The first-order chi connectivity index (χ1) is 16.5. The summed E-state index contributed by atoms with van der Waals surface area (Å²) in [6.07, 6.45) is 0.816. The van der Waals surface area contributed by atoms with Crippen LogP contribution in [0.1, 0.15) is 41.0 Å². The summed E-state index contributed by atoms with van der Waals surface area (Å²) in [7, 11) is 0. The molecule has 8 nitrogen and oxygen atoms in total. The molecule has 2 atom stereocenters. The van der Waals surface area contributed by atoms with Crippen molar-refractivity contribution in [3.63, 3.8) is 0 Å². The number of amides is 1. The van der Waals surface area contributed by atoms with Crippen LogP contribution >= 0.6 is 0 Å². The predicted molar refractivity (Wildman–Crippen MR) is 121 cm³/mol. The van der Waals surface area contributed by atoms with E-state index in [4.69, 9.17) is 0 Å². The van der Waals surface area contributed by atoms with Gasteiger partial charge in [0.2, 0.25) is 0 Å². The average molecular weight is 461 g/mol. The Balaban J connectivity index is 1.32. The second-order valence-corrected chi connectivity index (χ2v) is 8.77. The number of aromatic nitrogens is 5. The van der Waals surface area contributed by atoms with Gasteiger partial charge in [-0.2, -0.15) is 5.10 Å². The maximum atomic E-state index is 13.7. The zero-order valence-electron chi connectivity index (χ0n) is 18.3. The molecular weight excluding hydrogens is 440 g/mol. The molecule has 2 unspecified atom stereocenters. The minimum absolute atomic E-state index is 0.168. The number of nitrogens with zero attached hydrogens (tertiary/aromatic N) is 6. The molecule has 0 bridgehead atoms. The highest BCUT2D eigenvalue weighted by Gasteiger charge is 2.48. The second-order valence-electron chi connectivity index (χ2n) is 8.77. The highest BCUT2D eigenvalue weighted by Crippen LogP contribution is 2.42. The molecule has 2 aliphatic rings. The Morgan fingerprint density at radius 1 is 1.12 bits per heavy atom. The molecule has 10 heteroatoms. The summed E-state index contributed by atoms with van der Waals surface area (Å²) in [5, 5.41) is 11.3. The molecule has 1 aliphatic carbocycles. The van der Waals surface area contributed by atoms with Gasteiger partial charge in [0.25, 0.3) is 12.3 Å². The van der Waals surface area contributed by atoms with Crippen molar-refractivity contribution in [2.45, 2.75) is 32.2 Å². The van der Waals surface area contributed by atoms with Crippen molar-refractivity contribution >= 4 is 28.4 Å². The van der Waals surface area contributed by atoms with Crippen molar-refractivity contribution in [3.8, 4) is 5.82 Å². The molecule has 4 aromatic rings. The number of benzene rings is 1. The van der Waals surface area contributed by atoms with Crippen LogP contribution in [-0.2, 0) is 0 Å². The van der Waals surface area contributed by atoms with Crippen LogP contribution in [0.4, 0.5) is 20.3 Å². The molecule has 6 rings (SSSR count). The quantitative estimate of drug-likeness (QED) is 0.473. The molecule has 172 valence electrons. The van der Waals surface area contributed by atoms with Gasteiger partial charge in [-0.1, -0.05) is 0 Å². The van der Waals surface area contributed by atoms with E-state index in [1.165, 1.54) is 12.1 Å². The van der Waals surface area contributed by atoms with E-state index in [-0.39, 0.29) is 17.3 Å². The van der Waals surface area contributed by atoms with Crippen molar-refractivity contribution < 1.29 is 13.6 Å². The summed E-state index contributed by atoms with van der Waals surface area (Å²) in [4.78, 5) is 23.6. The SMILES string of the molecule is Cc1ccc(Nc2ccc3c(c2)ncn3-c2ccc(C(F)F)c(C(=O)N3CC4CCC43)n2)nn1. The lowest BCUT2D eigenvalue weighted by Crippen LogP contribution is -2.64. The van der Waals surface area contributed by atoms with Crippen molar-refractivity contribution in [2.24, 2.45) is 5.92 Å². The summed E-state index contributed by atoms with van der Waals surface area (Å²) < 4.78 is 29.1. The van der Waals surface area contributed by atoms with Crippen LogP contribution in [0, 0.1) is 12.8 Å². The molecule has 34 heavy (non-hydrogen) atoms. The number of aryl methyl sites for hydroxylation is 1. The van der Waals surface area contributed by atoms with E-state index in [1.807, 2.05) is 37.3 Å². The Morgan fingerprint density at radius 3 is 2.68 bits per heavy atom. The van der Waals surface area contributed by atoms with E-state index < -0.39 is 12.3 Å². The van der Waals surface area contributed by atoms with Gasteiger partial charge in [-0.05, 0) is 68.1 Å². The summed E-state index contributed by atoms with van der Waals surface area (Å²) in [5.74, 6) is 1.06. The number of pyridine rings is 1. The molecule has 1 saturated heterocycles. The lowest BCUT2D eigenvalue weighted by molar-refractivity contribution is -0.0384. The number of anilines is 2. The van der Waals surface area contributed by atoms with Crippen LogP contribution in [0.3, 0.4) is 0 Å². The van der Waals surface area contributed by atoms with Crippen LogP contribution < -0.4 is 5.32 Å². The molecule has 1 N–H and O–H groups in total. The number of hydrogen-bond donors (Lipinski definition) is 1. The normalized spacial score (nSPS) is 19.0. The van der Waals surface area contributed by atoms with Gasteiger partial charge in [-0.15, -0.1) is 5.10 Å². The summed E-state index contributed by atoms with van der Waals surface area (Å²) in [6, 6.07) is 12.2. The lowest BCUT2D eigenvalue weighted by atomic mass is 9.71. The fourth-order valence-electron chi connectivity index (χ4n) is 4.62. The molecule has 1 aromatic carbocycles. The molecule has 1 saturated carbocycles. The minimum Gasteiger partial charge on any atom is -0.339 e. The van der Waals surface area contributed by atoms with E-state index in [0.717, 1.165) is 29.7 Å². The van der Waals surface area contributed by atoms with Gasteiger partial charge in [0.05, 0.1) is 16.7 Å². The zero-order chi connectivity index (χ0) is 23.4. The molecule has 0 radical (unpaired) electrons. The summed E-state index contributed by atoms with van der Waals surface area (Å²) in [5.41, 5.74) is 2.49. The van der Waals surface area contributed by atoms with E-state index in [2.05, 4.69) is 25.5 Å². The van der Waals surface area contributed by atoms with Crippen molar-refractivity contribution in [2.75, 3.05) is 11.9 Å². The third-order valence-electron chi connectivity index (χ3n) is 6.68. The molecule has 3 aromatic heterocycles. The third kappa shape index (κ3) is 3.37. The molecule has 1 aliphatic heterocycles. The Morgan fingerprint density at radius 2 is 2.00 bits per heavy atom. The van der Waals surface area contributed by atoms with Gasteiger partial charge < -0.3 is 10.2 Å². The Hall–Kier alpha value is -3.95. The number of likely N-dealkylation sites (tertiary alicyclic amines) is 1. The van der Waals surface area contributed by atoms with Crippen LogP contribution in [0.25, 0.3) is 16.9 Å². The molecule has 2 fully saturated rings. The minimum atomic E-state index is -2.78. The van der Waals surface area contributed by atoms with Crippen LogP contribution in [0.2, 0.25) is 0 Å². The fraction of sp³-hybridized carbons (Fsp3) is 0.292. The first-order valence-corrected chi connectivity index (χ1v) is 11.1. The van der Waals surface area contributed by atoms with Crippen LogP contribution in [-0.4, -0.2) is 48.1 Å². The highest BCUT2D eigenvalue weighted by atomic mass is 19.3. The third-order valence-corrected chi connectivity index (χ3v) is 6.68. The van der Waals surface area contributed by atoms with E-state index in [0.29, 0.717) is 29.6 Å². The smallest absolute Gasteiger partial charge is 0.273 e. The Labute approximate surface area is 193 Å². The van der Waals surface area contributed by atoms with Crippen molar-refractivity contribution in [1.29, 1.82) is 0 Å². The monoisotopic (exact) mass is 461 g/mol. The zero-order valence-corrected chi connectivity index (χ0v) is 18.3. The topological polar surface area (TPSA) is 88.8 Å². The predicted octanol–water partition coefficient (Wildman–Crippen LogP) is 4.43. The van der Waals surface area contributed by atoms with Gasteiger partial charge in [0.1, 0.15) is 17.8 Å². The van der Waals surface area contributed by atoms with Crippen LogP contribution in [0.5, 0.6) is 0 Å². The summed E-state index contributed by atoms with van der Waals surface area (Å²) in [6.45, 7) is 2.48. The molecule has 1 amide bonds. The van der Waals surface area contributed by atoms with E-state index >= 15 is 0 Å². The maximum absolute atomic E-state index is 13.7. The fourth-order valence-corrected chi connectivity index (χ4v) is 4.62. The Kier molecular flexibility index (Phi) is 4.75. The largest absolute Gasteiger partial charge is 0.339 e. The number of alkyl halides is 2. The highest BCUT2D eigenvalue weighted by molar-refractivity contribution is 5.95. The maximum Gasteiger partial charge on any atom is 0.273 e. The average Bonchev–Trinajstić information content (AvgIpc) is 3.24. The Bertz CT molecular complexity index is 1400. The van der Waals surface area contributed by atoms with E-state index in [1.54, 1.807) is 15.8 Å². The number of piperidine rings is 1. The van der Waals surface area contributed by atoms with E-state index in [9.17, 15) is 13.6 Å². The number of imidazole rings is 1. The number of nitrogens with one attached hydrogen (secondary N) is 1. The van der Waals surface area contributed by atoms with Gasteiger partial charge in [-0.3, -0.25) is 9.36 Å². The molecule has 4 heterocycles. The second kappa shape index (κ2) is 7.82. The number of halogens is 2. The van der Waals surface area contributed by atoms with Gasteiger partial charge in [0.15, 0.2) is 5.82 Å². The number of hydrogen-bond acceptors (Lipinski definition) is 6. The standard InChI is InChI=1S/C24H21F2N7O/c1-13-2-8-20(31-30-13)28-15-4-7-19-17(10-15)27-12-33(19)21-9-5-16(23(25)26)22(29-21)24(34)32-11-14-3-6-18(14)32/h2,4-5,7-10,12,14,18,23H,3,6,11H2,1H3,(H,28,31). The number of carbonyl (C=O) groups excluding carboxylic acids is 1. The molecule has 0 spiro atoms.